The van der Waals surface area contributed by atoms with E-state index in [1.165, 1.54) is 23.6 Å². The second-order valence-corrected chi connectivity index (χ2v) is 9.17. The van der Waals surface area contributed by atoms with Crippen molar-refractivity contribution in [1.82, 2.24) is 4.57 Å². The minimum Gasteiger partial charge on any atom is -0.329 e. The van der Waals surface area contributed by atoms with Crippen LogP contribution < -0.4 is 14.4 Å². The molecule has 1 aliphatic rings. The van der Waals surface area contributed by atoms with Crippen LogP contribution in [0.25, 0.3) is 17.1 Å². The topological polar surface area (TPSA) is 15.3 Å². The van der Waals surface area contributed by atoms with E-state index < -0.39 is 60.1 Å². The van der Waals surface area contributed by atoms with Crippen molar-refractivity contribution in [2.45, 2.75) is 31.2 Å². The lowest BCUT2D eigenvalue weighted by Gasteiger charge is -2.24. The number of benzene rings is 2. The summed E-state index contributed by atoms with van der Waals surface area (Å²) >= 11 is 0. The Morgan fingerprint density at radius 1 is 0.732 bits per heavy atom. The first-order valence-electron chi connectivity index (χ1n) is 11.5. The van der Waals surface area contributed by atoms with Gasteiger partial charge in [-0.15, -0.1) is 0 Å². The van der Waals surface area contributed by atoms with Crippen molar-refractivity contribution in [3.8, 4) is 0 Å². The number of hydrogen-bond donors (Lipinski definition) is 0. The normalized spacial score (nSPS) is 16.1. The third-order valence-electron chi connectivity index (χ3n) is 6.32. The van der Waals surface area contributed by atoms with Gasteiger partial charge >= 0.3 is 24.7 Å². The lowest BCUT2D eigenvalue weighted by Crippen LogP contribution is -2.34. The quantitative estimate of drug-likeness (QED) is 0.228. The molecule has 4 rings (SSSR count). The predicted octanol–water partition coefficient (Wildman–Crippen LogP) is 7.44. The first-order valence-corrected chi connectivity index (χ1v) is 11.5. The number of aryl methyl sites for hydroxylation is 1. The fraction of sp³-hybridized carbons (Fsp3) is 0.320. The third kappa shape index (κ3) is 6.25. The molecule has 0 saturated heterocycles. The van der Waals surface area contributed by atoms with Gasteiger partial charge in [0.1, 0.15) is 12.4 Å². The van der Waals surface area contributed by atoms with Crippen molar-refractivity contribution in [1.29, 1.82) is 0 Å². The number of alkyl halides is 12. The van der Waals surface area contributed by atoms with Crippen molar-refractivity contribution in [3.05, 3.63) is 71.3 Å². The molecule has 0 fully saturated rings. The average Bonchev–Trinajstić information content (AvgIpc) is 3.21. The molecule has 0 bridgehead atoms. The third-order valence-corrected chi connectivity index (χ3v) is 6.32. The largest absolute Gasteiger partial charge is 0.426 e. The van der Waals surface area contributed by atoms with Gasteiger partial charge in [0.15, 0.2) is 17.6 Å². The van der Waals surface area contributed by atoms with Gasteiger partial charge in [0.2, 0.25) is 0 Å². The van der Waals surface area contributed by atoms with Gasteiger partial charge in [0.05, 0.1) is 29.5 Å². The Bertz CT molecular complexity index is 1520. The molecule has 0 N–H and O–H groups in total. The van der Waals surface area contributed by atoms with Crippen molar-refractivity contribution < 1.29 is 57.3 Å². The Hall–Kier alpha value is -3.85. The minimum atomic E-state index is -4.85. The number of halogens is 12. The van der Waals surface area contributed by atoms with Crippen molar-refractivity contribution >= 4 is 28.5 Å². The molecule has 0 radical (unpaired) electrons. The Kier molecular flexibility index (Phi) is 7.28. The summed E-state index contributed by atoms with van der Waals surface area (Å²) in [5.41, 5.74) is -3.13. The Morgan fingerprint density at radius 2 is 1.29 bits per heavy atom. The summed E-state index contributed by atoms with van der Waals surface area (Å²) in [5, 5.41) is 0. The van der Waals surface area contributed by atoms with Gasteiger partial charge in [0, 0.05) is 19.2 Å². The van der Waals surface area contributed by atoms with Gasteiger partial charge in [-0.2, -0.15) is 52.7 Å². The first-order chi connectivity index (χ1) is 18.7. The van der Waals surface area contributed by atoms with Crippen LogP contribution in [0.15, 0.2) is 54.4 Å². The average molecular weight is 603 g/mol. The lowest BCUT2D eigenvalue weighted by atomic mass is 10.1. The van der Waals surface area contributed by atoms with Crippen LogP contribution in [0.5, 0.6) is 0 Å². The van der Waals surface area contributed by atoms with Crippen LogP contribution in [-0.4, -0.2) is 30.5 Å². The van der Waals surface area contributed by atoms with Crippen LogP contribution in [0.3, 0.4) is 0 Å². The molecule has 2 aromatic carbocycles. The molecule has 16 heteroatoms. The number of imidazole rings is 1. The maximum absolute atomic E-state index is 13.4. The smallest absolute Gasteiger partial charge is 0.329 e. The highest BCUT2D eigenvalue weighted by atomic mass is 19.4. The van der Waals surface area contributed by atoms with E-state index in [0.717, 1.165) is 30.4 Å². The summed E-state index contributed by atoms with van der Waals surface area (Å²) in [7, 11) is 2.59. The number of anilines is 2. The number of rotatable bonds is 4. The zero-order valence-electron chi connectivity index (χ0n) is 20.9. The maximum atomic E-state index is 13.4. The molecule has 2 heterocycles. The SMILES string of the molecule is CN1/C(=C\C=C\c2n(CC(F)(F)F)c3cc(C(F)(F)F)ccc3[n+]2C)N(CC(F)(F)F)c2cc(C(F)(F)F)ccc21. The summed E-state index contributed by atoms with van der Waals surface area (Å²) in [5.74, 6) is -0.484. The van der Waals surface area contributed by atoms with Crippen LogP contribution in [0.2, 0.25) is 0 Å². The predicted molar refractivity (Wildman–Crippen MR) is 125 cm³/mol. The molecule has 0 saturated carbocycles. The maximum Gasteiger partial charge on any atom is 0.426 e. The molecule has 3 aromatic rings. The molecule has 41 heavy (non-hydrogen) atoms. The molecule has 1 aromatic heterocycles. The Balaban J connectivity index is 1.82. The second-order valence-electron chi connectivity index (χ2n) is 9.17. The molecule has 222 valence electrons. The molecule has 0 amide bonds. The molecule has 1 aliphatic heterocycles. The van der Waals surface area contributed by atoms with Gasteiger partial charge in [-0.25, -0.2) is 9.13 Å². The van der Waals surface area contributed by atoms with E-state index in [0.29, 0.717) is 33.7 Å². The summed E-state index contributed by atoms with van der Waals surface area (Å²) < 4.78 is 162. The van der Waals surface area contributed by atoms with Gasteiger partial charge in [0.25, 0.3) is 5.82 Å². The Labute approximate surface area is 224 Å². The monoisotopic (exact) mass is 603 g/mol. The molecular weight excluding hydrogens is 584 g/mol. The van der Waals surface area contributed by atoms with Gasteiger partial charge < -0.3 is 9.80 Å². The fourth-order valence-corrected chi connectivity index (χ4v) is 4.57. The van der Waals surface area contributed by atoms with Gasteiger partial charge in [-0.3, -0.25) is 0 Å². The van der Waals surface area contributed by atoms with E-state index in [-0.39, 0.29) is 22.8 Å². The highest BCUT2D eigenvalue weighted by Crippen LogP contribution is 2.45. The van der Waals surface area contributed by atoms with Crippen LogP contribution in [0, 0.1) is 0 Å². The number of allylic oxidation sites excluding steroid dienone is 2. The fourth-order valence-electron chi connectivity index (χ4n) is 4.57. The Morgan fingerprint density at radius 3 is 1.85 bits per heavy atom. The molecule has 4 nitrogen and oxygen atoms in total. The van der Waals surface area contributed by atoms with Crippen molar-refractivity contribution in [2.24, 2.45) is 7.05 Å². The molecule has 0 unspecified atom stereocenters. The van der Waals surface area contributed by atoms with E-state index in [2.05, 4.69) is 0 Å². The minimum absolute atomic E-state index is 0.0123. The lowest BCUT2D eigenvalue weighted by molar-refractivity contribution is -0.647. The highest BCUT2D eigenvalue weighted by molar-refractivity contribution is 5.83. The number of hydrogen-bond acceptors (Lipinski definition) is 2. The summed E-state index contributed by atoms with van der Waals surface area (Å²) in [6.07, 6.45) is -16.2. The van der Waals surface area contributed by atoms with E-state index in [9.17, 15) is 52.7 Å². The molecular formula is C25H19F12N4+. The summed E-state index contributed by atoms with van der Waals surface area (Å²) in [6.45, 7) is -3.35. The first kappa shape index (κ1) is 30.1. The highest BCUT2D eigenvalue weighted by Gasteiger charge is 2.41. The van der Waals surface area contributed by atoms with Crippen LogP contribution in [-0.2, 0) is 25.9 Å². The van der Waals surface area contributed by atoms with E-state index in [1.54, 1.807) is 0 Å². The molecule has 0 atom stereocenters. The summed E-state index contributed by atoms with van der Waals surface area (Å²) in [4.78, 5) is 1.75. The summed E-state index contributed by atoms with van der Waals surface area (Å²) in [6, 6.07) is 4.50. The van der Waals surface area contributed by atoms with E-state index >= 15 is 0 Å². The van der Waals surface area contributed by atoms with Crippen LogP contribution in [0.1, 0.15) is 17.0 Å². The van der Waals surface area contributed by atoms with Crippen molar-refractivity contribution in [3.63, 3.8) is 0 Å². The van der Waals surface area contributed by atoms with E-state index in [1.807, 2.05) is 0 Å². The van der Waals surface area contributed by atoms with Crippen molar-refractivity contribution in [2.75, 3.05) is 23.4 Å². The van der Waals surface area contributed by atoms with Gasteiger partial charge in [-0.05, 0) is 36.4 Å². The second kappa shape index (κ2) is 9.91. The van der Waals surface area contributed by atoms with Crippen LogP contribution in [0.4, 0.5) is 64.1 Å². The zero-order valence-corrected chi connectivity index (χ0v) is 20.9. The zero-order chi connectivity index (χ0) is 30.7. The molecule has 0 spiro atoms. The number of nitrogens with zero attached hydrogens (tertiary/aromatic N) is 4. The van der Waals surface area contributed by atoms with Gasteiger partial charge in [-0.1, -0.05) is 6.08 Å². The van der Waals surface area contributed by atoms with Crippen LogP contribution >= 0.6 is 0 Å². The van der Waals surface area contributed by atoms with E-state index in [4.69, 9.17) is 0 Å². The standard InChI is InChI=1S/C25H19F12N4/c1-38-16-8-6-14(24(32,33)34)10-18(16)40(12-22(26,27)28)20(38)4-3-5-21-39(2)17-9-7-15(25(35,36)37)11-19(17)41(21)13-23(29,30)31/h3-11H,12-13H2,1-2H3/q+1. The number of fused-ring (bicyclic) bond motifs is 2. The molecule has 0 aliphatic carbocycles. The number of aromatic nitrogens is 2.